The number of hydrogen-bond acceptors (Lipinski definition) is 5. The van der Waals surface area contributed by atoms with Crippen LogP contribution in [0.15, 0.2) is 34.2 Å². The molecule has 0 aliphatic heterocycles. The van der Waals surface area contributed by atoms with Crippen LogP contribution in [0, 0.1) is 11.3 Å². The van der Waals surface area contributed by atoms with Crippen LogP contribution in [0.4, 0.5) is 0 Å². The van der Waals surface area contributed by atoms with E-state index in [-0.39, 0.29) is 10.8 Å². The number of imidazole rings is 1. The Balaban J connectivity index is 2.06. The van der Waals surface area contributed by atoms with Crippen LogP contribution in [0.1, 0.15) is 24.5 Å². The van der Waals surface area contributed by atoms with Gasteiger partial charge in [0.05, 0.1) is 18.2 Å². The normalized spacial score (nSPS) is 10.9. The van der Waals surface area contributed by atoms with E-state index in [0.29, 0.717) is 28.4 Å². The lowest BCUT2D eigenvalue weighted by Gasteiger charge is -2.05. The molecule has 0 bridgehead atoms. The van der Waals surface area contributed by atoms with Crippen LogP contribution in [-0.4, -0.2) is 25.3 Å². The van der Waals surface area contributed by atoms with Crippen molar-refractivity contribution < 1.29 is 0 Å². The summed E-state index contributed by atoms with van der Waals surface area (Å²) in [4.78, 5) is 23.7. The molecule has 0 unspecified atom stereocenters. The van der Waals surface area contributed by atoms with Crippen LogP contribution in [0.2, 0.25) is 5.15 Å². The molecule has 0 radical (unpaired) electrons. The average Bonchev–Trinajstić information content (AvgIpc) is 2.90. The van der Waals surface area contributed by atoms with Gasteiger partial charge in [0.15, 0.2) is 16.0 Å². The van der Waals surface area contributed by atoms with Gasteiger partial charge in [-0.15, -0.1) is 0 Å². The van der Waals surface area contributed by atoms with Gasteiger partial charge in [0, 0.05) is 5.75 Å². The summed E-state index contributed by atoms with van der Waals surface area (Å²) in [6, 6.07) is 9.22. The van der Waals surface area contributed by atoms with Gasteiger partial charge in [0.25, 0.3) is 0 Å². The number of nitrogens with zero attached hydrogens (tertiary/aromatic N) is 4. The summed E-state index contributed by atoms with van der Waals surface area (Å²) in [5.41, 5.74) is 1.99. The molecule has 6 nitrogen and oxygen atoms in total. The molecule has 3 rings (SSSR count). The largest absolute Gasteiger partial charge is 0.328 e. The van der Waals surface area contributed by atoms with Crippen LogP contribution in [0.5, 0.6) is 0 Å². The van der Waals surface area contributed by atoms with E-state index in [9.17, 15) is 4.79 Å². The Kier molecular flexibility index (Phi) is 4.88. The number of rotatable bonds is 5. The fourth-order valence-electron chi connectivity index (χ4n) is 2.30. The molecule has 8 heteroatoms. The molecular formula is C16H14ClN5OS. The van der Waals surface area contributed by atoms with E-state index in [1.54, 1.807) is 18.2 Å². The van der Waals surface area contributed by atoms with E-state index < -0.39 is 0 Å². The van der Waals surface area contributed by atoms with Crippen molar-refractivity contribution in [2.24, 2.45) is 0 Å². The van der Waals surface area contributed by atoms with E-state index in [0.717, 1.165) is 17.7 Å². The Morgan fingerprint density at radius 3 is 3.00 bits per heavy atom. The predicted molar refractivity (Wildman–Crippen MR) is 94.4 cm³/mol. The minimum atomic E-state index is -0.304. The third-order valence-corrected chi connectivity index (χ3v) is 4.72. The zero-order valence-electron chi connectivity index (χ0n) is 12.9. The summed E-state index contributed by atoms with van der Waals surface area (Å²) in [6.45, 7) is 2.38. The first-order chi connectivity index (χ1) is 11.6. The van der Waals surface area contributed by atoms with Crippen LogP contribution < -0.4 is 5.69 Å². The highest BCUT2D eigenvalue weighted by Gasteiger charge is 2.15. The monoisotopic (exact) mass is 359 g/mol. The molecular weight excluding hydrogens is 346 g/mol. The molecule has 0 saturated carbocycles. The van der Waals surface area contributed by atoms with Crippen LogP contribution in [0.25, 0.3) is 11.2 Å². The Labute approximate surface area is 147 Å². The number of hydrogen-bond donors (Lipinski definition) is 1. The number of H-pyrrole nitrogens is 1. The lowest BCUT2D eigenvalue weighted by atomic mass is 10.1. The van der Waals surface area contributed by atoms with Crippen molar-refractivity contribution in [3.8, 4) is 6.07 Å². The fraction of sp³-hybridized carbons (Fsp3) is 0.250. The van der Waals surface area contributed by atoms with Crippen LogP contribution >= 0.6 is 23.4 Å². The quantitative estimate of drug-likeness (QED) is 0.429. The SMILES string of the molecule is CCCSc1nc(Cl)c2[nH]c(=O)n(Cc3cccc(C#N)c3)c2n1. The minimum absolute atomic E-state index is 0.236. The second-order valence-electron chi connectivity index (χ2n) is 5.17. The average molecular weight is 360 g/mol. The molecule has 24 heavy (non-hydrogen) atoms. The predicted octanol–water partition coefficient (Wildman–Crippen LogP) is 3.20. The number of halogens is 1. The maximum atomic E-state index is 12.3. The molecule has 0 aliphatic carbocycles. The summed E-state index contributed by atoms with van der Waals surface area (Å²) in [7, 11) is 0. The number of aromatic nitrogens is 4. The molecule has 2 aromatic heterocycles. The van der Waals surface area contributed by atoms with Gasteiger partial charge in [0.1, 0.15) is 5.52 Å². The standard InChI is InChI=1S/C16H14ClN5OS/c1-2-6-24-15-20-13(17)12-14(21-15)22(16(23)19-12)9-11-5-3-4-10(7-11)8-18/h3-5,7H,2,6,9H2,1H3,(H,19,23). The molecule has 3 aromatic rings. The van der Waals surface area contributed by atoms with Gasteiger partial charge in [-0.1, -0.05) is 42.4 Å². The second kappa shape index (κ2) is 7.07. The molecule has 0 atom stereocenters. The van der Waals surface area contributed by atoms with E-state index in [1.165, 1.54) is 16.3 Å². The number of nitriles is 1. The number of aromatic amines is 1. The molecule has 0 spiro atoms. The van der Waals surface area contributed by atoms with E-state index in [2.05, 4.69) is 27.9 Å². The zero-order valence-corrected chi connectivity index (χ0v) is 14.5. The third kappa shape index (κ3) is 3.30. The Morgan fingerprint density at radius 1 is 1.42 bits per heavy atom. The molecule has 0 amide bonds. The topological polar surface area (TPSA) is 87.4 Å². The van der Waals surface area contributed by atoms with Gasteiger partial charge >= 0.3 is 5.69 Å². The van der Waals surface area contributed by atoms with Crippen molar-refractivity contribution in [1.82, 2.24) is 19.5 Å². The fourth-order valence-corrected chi connectivity index (χ4v) is 3.26. The van der Waals surface area contributed by atoms with Crippen molar-refractivity contribution in [3.05, 3.63) is 51.0 Å². The van der Waals surface area contributed by atoms with E-state index in [1.807, 2.05) is 6.07 Å². The molecule has 2 heterocycles. The minimum Gasteiger partial charge on any atom is -0.302 e. The highest BCUT2D eigenvalue weighted by Crippen LogP contribution is 2.23. The lowest BCUT2D eigenvalue weighted by molar-refractivity contribution is 0.771. The van der Waals surface area contributed by atoms with Crippen molar-refractivity contribution in [3.63, 3.8) is 0 Å². The summed E-state index contributed by atoms with van der Waals surface area (Å²) in [5.74, 6) is 0.876. The van der Waals surface area contributed by atoms with E-state index in [4.69, 9.17) is 16.9 Å². The highest BCUT2D eigenvalue weighted by molar-refractivity contribution is 7.99. The van der Waals surface area contributed by atoms with Crippen molar-refractivity contribution in [1.29, 1.82) is 5.26 Å². The second-order valence-corrected chi connectivity index (χ2v) is 6.59. The van der Waals surface area contributed by atoms with E-state index >= 15 is 0 Å². The summed E-state index contributed by atoms with van der Waals surface area (Å²) < 4.78 is 1.51. The highest BCUT2D eigenvalue weighted by atomic mass is 35.5. The summed E-state index contributed by atoms with van der Waals surface area (Å²) in [5, 5.41) is 9.79. The molecule has 1 aromatic carbocycles. The first-order valence-corrected chi connectivity index (χ1v) is 8.76. The van der Waals surface area contributed by atoms with Gasteiger partial charge in [-0.3, -0.25) is 4.57 Å². The van der Waals surface area contributed by atoms with Gasteiger partial charge in [-0.2, -0.15) is 5.26 Å². The van der Waals surface area contributed by atoms with Gasteiger partial charge < -0.3 is 4.98 Å². The molecule has 1 N–H and O–H groups in total. The number of thioether (sulfide) groups is 1. The number of fused-ring (bicyclic) bond motifs is 1. The molecule has 0 saturated heterocycles. The molecule has 0 aliphatic rings. The Hall–Kier alpha value is -2.30. The Morgan fingerprint density at radius 2 is 2.25 bits per heavy atom. The number of benzene rings is 1. The van der Waals surface area contributed by atoms with Crippen LogP contribution in [0.3, 0.4) is 0 Å². The van der Waals surface area contributed by atoms with Crippen molar-refractivity contribution in [2.45, 2.75) is 25.0 Å². The third-order valence-electron chi connectivity index (χ3n) is 3.39. The number of nitrogens with one attached hydrogen (secondary N) is 1. The first kappa shape index (κ1) is 16.6. The van der Waals surface area contributed by atoms with Gasteiger partial charge in [-0.25, -0.2) is 14.8 Å². The zero-order chi connectivity index (χ0) is 17.1. The lowest BCUT2D eigenvalue weighted by Crippen LogP contribution is -2.17. The van der Waals surface area contributed by atoms with Gasteiger partial charge in [0.2, 0.25) is 0 Å². The maximum Gasteiger partial charge on any atom is 0.328 e. The summed E-state index contributed by atoms with van der Waals surface area (Å²) in [6.07, 6.45) is 0.991. The smallest absolute Gasteiger partial charge is 0.302 e. The van der Waals surface area contributed by atoms with Crippen molar-refractivity contribution >= 4 is 34.5 Å². The molecule has 0 fully saturated rings. The first-order valence-electron chi connectivity index (χ1n) is 7.40. The van der Waals surface area contributed by atoms with Crippen LogP contribution in [-0.2, 0) is 6.54 Å². The maximum absolute atomic E-state index is 12.3. The summed E-state index contributed by atoms with van der Waals surface area (Å²) >= 11 is 7.69. The van der Waals surface area contributed by atoms with Crippen molar-refractivity contribution in [2.75, 3.05) is 5.75 Å². The molecule has 122 valence electrons. The van der Waals surface area contributed by atoms with Gasteiger partial charge in [-0.05, 0) is 24.1 Å². The Bertz CT molecular complexity index is 988.